The summed E-state index contributed by atoms with van der Waals surface area (Å²) in [6.07, 6.45) is 1.48. The molecule has 0 unspecified atom stereocenters. The summed E-state index contributed by atoms with van der Waals surface area (Å²) in [6.45, 7) is 0. The number of benzene rings is 1. The van der Waals surface area contributed by atoms with Gasteiger partial charge >= 0.3 is 0 Å². The van der Waals surface area contributed by atoms with E-state index in [0.717, 1.165) is 0 Å². The second kappa shape index (κ2) is 5.80. The van der Waals surface area contributed by atoms with Crippen molar-refractivity contribution in [2.24, 2.45) is 0 Å². The molecular weight excluding hydrogens is 256 g/mol. The Bertz CT molecular complexity index is 665. The Labute approximate surface area is 116 Å². The normalized spacial score (nSPS) is 9.65. The topological polar surface area (TPSA) is 93.2 Å². The van der Waals surface area contributed by atoms with E-state index in [1.807, 2.05) is 6.07 Å². The quantitative estimate of drug-likeness (QED) is 0.885. The fraction of sp³-hybridized carbons (Fsp3) is 0.143. The van der Waals surface area contributed by atoms with Gasteiger partial charge in [-0.3, -0.25) is 0 Å². The Morgan fingerprint density at radius 2 is 2.05 bits per heavy atom. The number of anilines is 3. The Balaban J connectivity index is 2.41. The van der Waals surface area contributed by atoms with Crippen LogP contribution in [0, 0.1) is 11.3 Å². The zero-order valence-corrected chi connectivity index (χ0v) is 11.2. The molecule has 0 aliphatic rings. The van der Waals surface area contributed by atoms with Crippen molar-refractivity contribution >= 4 is 17.2 Å². The molecule has 1 aromatic carbocycles. The standard InChI is InChI=1S/C14H14N4O2/c1-19-11-3-4-13(20-2)12(6-11)18-14-9(7-15)5-10(16)8-17-14/h3-6,8H,16H2,1-2H3,(H,17,18). The molecule has 0 radical (unpaired) electrons. The molecule has 1 aromatic heterocycles. The van der Waals surface area contributed by atoms with E-state index < -0.39 is 0 Å². The maximum atomic E-state index is 9.11. The molecule has 2 aromatic rings. The Morgan fingerprint density at radius 3 is 2.70 bits per heavy atom. The number of nitrogens with zero attached hydrogens (tertiary/aromatic N) is 2. The summed E-state index contributed by atoms with van der Waals surface area (Å²) in [5.74, 6) is 1.70. The van der Waals surface area contributed by atoms with Gasteiger partial charge < -0.3 is 20.5 Å². The maximum absolute atomic E-state index is 9.11. The molecule has 0 saturated carbocycles. The highest BCUT2D eigenvalue weighted by Crippen LogP contribution is 2.32. The van der Waals surface area contributed by atoms with E-state index in [1.54, 1.807) is 38.5 Å². The number of hydrogen-bond donors (Lipinski definition) is 2. The number of pyridine rings is 1. The van der Waals surface area contributed by atoms with Crippen LogP contribution >= 0.6 is 0 Å². The van der Waals surface area contributed by atoms with Gasteiger partial charge in [0.1, 0.15) is 23.4 Å². The van der Waals surface area contributed by atoms with Gasteiger partial charge in [0.05, 0.1) is 37.4 Å². The smallest absolute Gasteiger partial charge is 0.148 e. The summed E-state index contributed by atoms with van der Waals surface area (Å²) in [5, 5.41) is 12.2. The van der Waals surface area contributed by atoms with Crippen LogP contribution in [0.5, 0.6) is 11.5 Å². The van der Waals surface area contributed by atoms with Crippen molar-refractivity contribution < 1.29 is 9.47 Å². The van der Waals surface area contributed by atoms with Crippen molar-refractivity contribution in [1.29, 1.82) is 5.26 Å². The average Bonchev–Trinajstić information content (AvgIpc) is 2.48. The first-order valence-corrected chi connectivity index (χ1v) is 5.82. The molecule has 0 spiro atoms. The van der Waals surface area contributed by atoms with E-state index in [4.69, 9.17) is 20.5 Å². The molecule has 0 amide bonds. The third-order valence-corrected chi connectivity index (χ3v) is 2.69. The third-order valence-electron chi connectivity index (χ3n) is 2.69. The van der Waals surface area contributed by atoms with Gasteiger partial charge in [-0.25, -0.2) is 4.98 Å². The average molecular weight is 270 g/mol. The van der Waals surface area contributed by atoms with Gasteiger partial charge in [0, 0.05) is 6.07 Å². The summed E-state index contributed by atoms with van der Waals surface area (Å²) in [7, 11) is 3.14. The number of ether oxygens (including phenoxy) is 2. The molecule has 0 bridgehead atoms. The number of rotatable bonds is 4. The minimum atomic E-state index is 0.356. The highest BCUT2D eigenvalue weighted by atomic mass is 16.5. The summed E-state index contributed by atoms with van der Waals surface area (Å²) >= 11 is 0. The first-order chi connectivity index (χ1) is 9.67. The van der Waals surface area contributed by atoms with E-state index in [1.165, 1.54) is 6.20 Å². The molecule has 6 nitrogen and oxygen atoms in total. The molecule has 102 valence electrons. The van der Waals surface area contributed by atoms with E-state index in [0.29, 0.717) is 34.3 Å². The largest absolute Gasteiger partial charge is 0.497 e. The lowest BCUT2D eigenvalue weighted by Crippen LogP contribution is -2.01. The van der Waals surface area contributed by atoms with Gasteiger partial charge in [-0.1, -0.05) is 0 Å². The number of aromatic nitrogens is 1. The fourth-order valence-electron chi connectivity index (χ4n) is 1.71. The predicted octanol–water partition coefficient (Wildman–Crippen LogP) is 2.30. The van der Waals surface area contributed by atoms with Crippen LogP contribution < -0.4 is 20.5 Å². The van der Waals surface area contributed by atoms with Crippen molar-refractivity contribution in [2.45, 2.75) is 0 Å². The van der Waals surface area contributed by atoms with Crippen LogP contribution in [0.4, 0.5) is 17.2 Å². The van der Waals surface area contributed by atoms with Crippen molar-refractivity contribution in [3.8, 4) is 17.6 Å². The van der Waals surface area contributed by atoms with Crippen LogP contribution in [0.25, 0.3) is 0 Å². The lowest BCUT2D eigenvalue weighted by atomic mass is 10.2. The van der Waals surface area contributed by atoms with Crippen molar-refractivity contribution in [3.05, 3.63) is 36.0 Å². The molecule has 0 fully saturated rings. The maximum Gasteiger partial charge on any atom is 0.148 e. The molecule has 1 heterocycles. The van der Waals surface area contributed by atoms with Crippen LogP contribution in [-0.2, 0) is 0 Å². The predicted molar refractivity (Wildman–Crippen MR) is 76.2 cm³/mol. The summed E-state index contributed by atoms with van der Waals surface area (Å²) in [4.78, 5) is 4.12. The second-order valence-corrected chi connectivity index (χ2v) is 3.97. The third kappa shape index (κ3) is 2.72. The monoisotopic (exact) mass is 270 g/mol. The molecular formula is C14H14N4O2. The van der Waals surface area contributed by atoms with Gasteiger partial charge in [0.15, 0.2) is 0 Å². The second-order valence-electron chi connectivity index (χ2n) is 3.97. The first kappa shape index (κ1) is 13.5. The Morgan fingerprint density at radius 1 is 1.25 bits per heavy atom. The minimum absolute atomic E-state index is 0.356. The summed E-state index contributed by atoms with van der Waals surface area (Å²) < 4.78 is 10.4. The van der Waals surface area contributed by atoms with Crippen molar-refractivity contribution in [2.75, 3.05) is 25.3 Å². The van der Waals surface area contributed by atoms with E-state index in [2.05, 4.69) is 10.3 Å². The number of hydrogen-bond acceptors (Lipinski definition) is 6. The molecule has 0 aliphatic heterocycles. The zero-order chi connectivity index (χ0) is 14.5. The molecule has 20 heavy (non-hydrogen) atoms. The molecule has 0 aliphatic carbocycles. The first-order valence-electron chi connectivity index (χ1n) is 5.82. The summed E-state index contributed by atoms with van der Waals surface area (Å²) in [6, 6.07) is 8.92. The fourth-order valence-corrected chi connectivity index (χ4v) is 1.71. The lowest BCUT2D eigenvalue weighted by Gasteiger charge is -2.13. The van der Waals surface area contributed by atoms with Crippen LogP contribution in [0.15, 0.2) is 30.5 Å². The number of nitrogens with one attached hydrogen (secondary N) is 1. The van der Waals surface area contributed by atoms with E-state index in [9.17, 15) is 0 Å². The minimum Gasteiger partial charge on any atom is -0.497 e. The van der Waals surface area contributed by atoms with Gasteiger partial charge in [0.2, 0.25) is 0 Å². The highest BCUT2D eigenvalue weighted by Gasteiger charge is 2.09. The highest BCUT2D eigenvalue weighted by molar-refractivity contribution is 5.70. The zero-order valence-electron chi connectivity index (χ0n) is 11.2. The number of nitriles is 1. The van der Waals surface area contributed by atoms with Crippen molar-refractivity contribution in [1.82, 2.24) is 4.98 Å². The van der Waals surface area contributed by atoms with Crippen LogP contribution in [-0.4, -0.2) is 19.2 Å². The lowest BCUT2D eigenvalue weighted by molar-refractivity contribution is 0.405. The Hall–Kier alpha value is -2.94. The molecule has 6 heteroatoms. The molecule has 2 rings (SSSR count). The Kier molecular flexibility index (Phi) is 3.91. The van der Waals surface area contributed by atoms with E-state index in [-0.39, 0.29) is 0 Å². The summed E-state index contributed by atoms with van der Waals surface area (Å²) in [5.41, 5.74) is 7.06. The van der Waals surface area contributed by atoms with Crippen LogP contribution in [0.3, 0.4) is 0 Å². The molecule has 0 atom stereocenters. The van der Waals surface area contributed by atoms with Gasteiger partial charge in [0.25, 0.3) is 0 Å². The van der Waals surface area contributed by atoms with Crippen LogP contribution in [0.1, 0.15) is 5.56 Å². The van der Waals surface area contributed by atoms with Gasteiger partial charge in [-0.2, -0.15) is 5.26 Å². The van der Waals surface area contributed by atoms with Crippen molar-refractivity contribution in [3.63, 3.8) is 0 Å². The van der Waals surface area contributed by atoms with Crippen LogP contribution in [0.2, 0.25) is 0 Å². The molecule has 0 saturated heterocycles. The number of nitrogens with two attached hydrogens (primary N) is 1. The van der Waals surface area contributed by atoms with E-state index >= 15 is 0 Å². The molecule has 3 N–H and O–H groups in total. The SMILES string of the molecule is COc1ccc(OC)c(Nc2ncc(N)cc2C#N)c1. The van der Waals surface area contributed by atoms with Gasteiger partial charge in [-0.15, -0.1) is 0 Å². The number of nitrogen functional groups attached to an aromatic ring is 1. The van der Waals surface area contributed by atoms with Gasteiger partial charge in [-0.05, 0) is 18.2 Å². The number of methoxy groups -OCH3 is 2.